The van der Waals surface area contributed by atoms with E-state index >= 15 is 0 Å². The van der Waals surface area contributed by atoms with Gasteiger partial charge in [-0.05, 0) is 43.9 Å². The van der Waals surface area contributed by atoms with Crippen LogP contribution in [0.2, 0.25) is 5.02 Å². The van der Waals surface area contributed by atoms with Crippen LogP contribution in [0.5, 0.6) is 5.75 Å². The first-order valence-corrected chi connectivity index (χ1v) is 10.7. The van der Waals surface area contributed by atoms with E-state index in [1.807, 2.05) is 4.90 Å². The maximum Gasteiger partial charge on any atom is 0.305 e. The van der Waals surface area contributed by atoms with Crippen LogP contribution in [0.3, 0.4) is 0 Å². The summed E-state index contributed by atoms with van der Waals surface area (Å²) in [7, 11) is 1.56. The molecule has 0 atom stereocenters. The van der Waals surface area contributed by atoms with Crippen LogP contribution in [0.4, 0.5) is 0 Å². The van der Waals surface area contributed by atoms with Crippen molar-refractivity contribution in [2.75, 3.05) is 13.7 Å². The number of Topliss-reactive ketones (excluding diaryl/α,β-unsaturated/α-hetero) is 2. The quantitative estimate of drug-likeness (QED) is 0.753. The molecule has 0 saturated carbocycles. The Kier molecular flexibility index (Phi) is 5.69. The smallest absolute Gasteiger partial charge is 0.305 e. The van der Waals surface area contributed by atoms with Gasteiger partial charge >= 0.3 is 5.97 Å². The van der Waals surface area contributed by atoms with Crippen molar-refractivity contribution < 1.29 is 24.2 Å². The number of carbonyl (C=O) groups excluding carboxylic acids is 2. The molecule has 1 heterocycles. The topological polar surface area (TPSA) is 83.9 Å². The Morgan fingerprint density at radius 2 is 1.70 bits per heavy atom. The van der Waals surface area contributed by atoms with Gasteiger partial charge in [0, 0.05) is 58.4 Å². The minimum Gasteiger partial charge on any atom is -0.496 e. The van der Waals surface area contributed by atoms with Crippen LogP contribution in [0.15, 0.2) is 40.7 Å². The summed E-state index contributed by atoms with van der Waals surface area (Å²) in [6, 6.07) is 5.26. The van der Waals surface area contributed by atoms with Gasteiger partial charge in [-0.25, -0.2) is 0 Å². The van der Waals surface area contributed by atoms with Gasteiger partial charge in [-0.3, -0.25) is 14.4 Å². The third kappa shape index (κ3) is 3.54. The zero-order valence-electron chi connectivity index (χ0n) is 16.9. The third-order valence-electron chi connectivity index (χ3n) is 6.14. The number of ketones is 2. The first-order chi connectivity index (χ1) is 14.4. The van der Waals surface area contributed by atoms with Crippen LogP contribution >= 0.6 is 11.6 Å². The first-order valence-electron chi connectivity index (χ1n) is 10.3. The third-order valence-corrected chi connectivity index (χ3v) is 6.37. The number of methoxy groups -OCH3 is 1. The number of allylic oxidation sites excluding steroid dienone is 4. The average molecular weight is 430 g/mol. The van der Waals surface area contributed by atoms with E-state index in [2.05, 4.69) is 0 Å². The minimum absolute atomic E-state index is 0.00790. The summed E-state index contributed by atoms with van der Waals surface area (Å²) < 4.78 is 5.57. The number of ether oxygens (including phenoxy) is 1. The van der Waals surface area contributed by atoms with E-state index in [1.165, 1.54) is 0 Å². The molecule has 0 unspecified atom stereocenters. The number of aliphatic carboxylic acids is 1. The van der Waals surface area contributed by atoms with Crippen LogP contribution in [0, 0.1) is 0 Å². The lowest BCUT2D eigenvalue weighted by Crippen LogP contribution is -2.40. The van der Waals surface area contributed by atoms with Crippen molar-refractivity contribution in [1.82, 2.24) is 4.90 Å². The predicted octanol–water partition coefficient (Wildman–Crippen LogP) is 4.24. The standard InChI is InChI=1S/C23H24ClNO5/c1-30-19-9-8-13(24)12-14(19)21-22-15(4-2-6-17(22)26)25(11-10-20(28)29)16-5-3-7-18(27)23(16)21/h8-9,12,21H,2-7,10-11H2,1H3,(H,28,29). The number of carboxylic acid groups (broad SMARTS) is 1. The maximum atomic E-state index is 13.2. The van der Waals surface area contributed by atoms with Gasteiger partial charge in [0.2, 0.25) is 0 Å². The largest absolute Gasteiger partial charge is 0.496 e. The predicted molar refractivity (Wildman–Crippen MR) is 111 cm³/mol. The van der Waals surface area contributed by atoms with Crippen molar-refractivity contribution in [2.24, 2.45) is 0 Å². The van der Waals surface area contributed by atoms with Crippen LogP contribution in [-0.4, -0.2) is 41.2 Å². The van der Waals surface area contributed by atoms with Gasteiger partial charge < -0.3 is 14.7 Å². The Hall–Kier alpha value is -2.60. The highest BCUT2D eigenvalue weighted by molar-refractivity contribution is 6.30. The molecule has 1 aromatic carbocycles. The number of nitrogens with zero attached hydrogens (tertiary/aromatic N) is 1. The number of carboxylic acids is 1. The Bertz CT molecular complexity index is 949. The number of rotatable bonds is 5. The van der Waals surface area contributed by atoms with Gasteiger partial charge in [0.1, 0.15) is 5.75 Å². The Balaban J connectivity index is 1.96. The van der Waals surface area contributed by atoms with Crippen molar-refractivity contribution in [3.05, 3.63) is 51.3 Å². The van der Waals surface area contributed by atoms with Gasteiger partial charge in [0.05, 0.1) is 13.5 Å². The Morgan fingerprint density at radius 1 is 1.10 bits per heavy atom. The second-order valence-corrected chi connectivity index (χ2v) is 8.33. The molecule has 0 saturated heterocycles. The molecule has 30 heavy (non-hydrogen) atoms. The van der Waals surface area contributed by atoms with Crippen molar-refractivity contribution in [2.45, 2.75) is 50.9 Å². The van der Waals surface area contributed by atoms with Crippen LogP contribution in [0.25, 0.3) is 0 Å². The average Bonchev–Trinajstić information content (AvgIpc) is 2.71. The molecule has 1 aromatic rings. The first kappa shape index (κ1) is 20.7. The minimum atomic E-state index is -0.901. The fourth-order valence-electron chi connectivity index (χ4n) is 4.94. The highest BCUT2D eigenvalue weighted by Crippen LogP contribution is 2.51. The van der Waals surface area contributed by atoms with Gasteiger partial charge in [-0.1, -0.05) is 11.6 Å². The fraction of sp³-hybridized carbons (Fsp3) is 0.435. The lowest BCUT2D eigenvalue weighted by molar-refractivity contribution is -0.137. The molecule has 3 aliphatic rings. The Morgan fingerprint density at radius 3 is 2.23 bits per heavy atom. The highest BCUT2D eigenvalue weighted by Gasteiger charge is 2.44. The molecular formula is C23H24ClNO5. The molecule has 0 spiro atoms. The number of carbonyl (C=O) groups is 3. The lowest BCUT2D eigenvalue weighted by Gasteiger charge is -2.44. The summed E-state index contributed by atoms with van der Waals surface area (Å²) in [4.78, 5) is 39.5. The van der Waals surface area contributed by atoms with Crippen molar-refractivity contribution in [3.63, 3.8) is 0 Å². The molecule has 0 amide bonds. The van der Waals surface area contributed by atoms with E-state index in [-0.39, 0.29) is 24.5 Å². The molecule has 0 fully saturated rings. The van der Waals surface area contributed by atoms with E-state index < -0.39 is 11.9 Å². The molecule has 1 N–H and O–H groups in total. The number of halogens is 1. The SMILES string of the molecule is COc1ccc(Cl)cc1C1C2=C(CCCC2=O)N(CCC(=O)O)C2=C1C(=O)CCC2. The molecule has 4 rings (SSSR count). The monoisotopic (exact) mass is 429 g/mol. The Labute approximate surface area is 180 Å². The summed E-state index contributed by atoms with van der Waals surface area (Å²) in [5.74, 6) is -0.826. The molecule has 1 aliphatic heterocycles. The summed E-state index contributed by atoms with van der Waals surface area (Å²) in [5.41, 5.74) is 3.62. The van der Waals surface area contributed by atoms with Crippen LogP contribution < -0.4 is 4.74 Å². The molecule has 2 aliphatic carbocycles. The van der Waals surface area contributed by atoms with E-state index in [0.29, 0.717) is 53.2 Å². The van der Waals surface area contributed by atoms with E-state index in [9.17, 15) is 19.5 Å². The zero-order chi connectivity index (χ0) is 21.4. The molecular weight excluding hydrogens is 406 g/mol. The second-order valence-electron chi connectivity index (χ2n) is 7.89. The van der Waals surface area contributed by atoms with Gasteiger partial charge in [0.15, 0.2) is 11.6 Å². The van der Waals surface area contributed by atoms with Crippen molar-refractivity contribution >= 4 is 29.1 Å². The van der Waals surface area contributed by atoms with Crippen LogP contribution in [0.1, 0.15) is 56.4 Å². The number of hydrogen-bond acceptors (Lipinski definition) is 5. The van der Waals surface area contributed by atoms with Crippen molar-refractivity contribution in [3.8, 4) is 5.75 Å². The number of benzene rings is 1. The summed E-state index contributed by atoms with van der Waals surface area (Å²) in [5, 5.41) is 9.75. The van der Waals surface area contributed by atoms with E-state index in [4.69, 9.17) is 16.3 Å². The molecule has 6 nitrogen and oxygen atoms in total. The summed E-state index contributed by atoms with van der Waals surface area (Å²) in [6.07, 6.45) is 3.59. The van der Waals surface area contributed by atoms with Gasteiger partial charge in [-0.2, -0.15) is 0 Å². The zero-order valence-corrected chi connectivity index (χ0v) is 17.6. The summed E-state index contributed by atoms with van der Waals surface area (Å²) >= 11 is 6.30. The van der Waals surface area contributed by atoms with E-state index in [1.54, 1.807) is 25.3 Å². The number of hydrogen-bond donors (Lipinski definition) is 1. The molecule has 0 aromatic heterocycles. The van der Waals surface area contributed by atoms with Gasteiger partial charge in [0.25, 0.3) is 0 Å². The molecule has 0 radical (unpaired) electrons. The second kappa shape index (κ2) is 8.26. The van der Waals surface area contributed by atoms with E-state index in [0.717, 1.165) is 24.2 Å². The lowest BCUT2D eigenvalue weighted by atomic mass is 9.70. The fourth-order valence-corrected chi connectivity index (χ4v) is 5.12. The maximum absolute atomic E-state index is 13.2. The molecule has 0 bridgehead atoms. The van der Waals surface area contributed by atoms with Crippen molar-refractivity contribution in [1.29, 1.82) is 0 Å². The normalized spacial score (nSPS) is 19.7. The molecule has 158 valence electrons. The summed E-state index contributed by atoms with van der Waals surface area (Å²) in [6.45, 7) is 0.257. The molecule has 7 heteroatoms. The van der Waals surface area contributed by atoms with Crippen LogP contribution in [-0.2, 0) is 14.4 Å². The highest BCUT2D eigenvalue weighted by atomic mass is 35.5. The van der Waals surface area contributed by atoms with Gasteiger partial charge in [-0.15, -0.1) is 0 Å².